The van der Waals surface area contributed by atoms with E-state index in [4.69, 9.17) is 4.74 Å². The Morgan fingerprint density at radius 3 is 2.87 bits per heavy atom. The largest absolute Gasteiger partial charge is 0.464 e. The summed E-state index contributed by atoms with van der Waals surface area (Å²) in [6.45, 7) is 3.24. The van der Waals surface area contributed by atoms with E-state index in [0.717, 1.165) is 12.2 Å². The number of carbonyl (C=O) groups excluding carboxylic acids is 1. The number of rotatable bonds is 5. The Bertz CT molecular complexity index is 333. The van der Waals surface area contributed by atoms with E-state index < -0.39 is 0 Å². The van der Waals surface area contributed by atoms with Crippen LogP contribution in [-0.4, -0.2) is 36.3 Å². The number of nitrogens with zero attached hydrogens (tertiary/aromatic N) is 2. The van der Waals surface area contributed by atoms with E-state index >= 15 is 0 Å². The van der Waals surface area contributed by atoms with E-state index in [0.29, 0.717) is 18.8 Å². The van der Waals surface area contributed by atoms with Crippen molar-refractivity contribution in [1.82, 2.24) is 9.55 Å². The standard InChI is InChI=1S/C10H16N2O3/c1-8-11-7-9(10(13)15-3)12(8)5-4-6-14-2/h7H,4-6H2,1-3H3. The van der Waals surface area contributed by atoms with Gasteiger partial charge >= 0.3 is 5.97 Å². The molecule has 5 heteroatoms. The zero-order chi connectivity index (χ0) is 11.3. The third-order valence-corrected chi connectivity index (χ3v) is 2.18. The van der Waals surface area contributed by atoms with E-state index in [1.807, 2.05) is 11.5 Å². The minimum absolute atomic E-state index is 0.354. The molecule has 0 amide bonds. The number of ether oxygens (including phenoxy) is 2. The summed E-state index contributed by atoms with van der Waals surface area (Å²) in [5.74, 6) is 0.458. The molecule has 0 aliphatic heterocycles. The van der Waals surface area contributed by atoms with E-state index in [1.165, 1.54) is 13.3 Å². The van der Waals surface area contributed by atoms with Gasteiger partial charge in [0, 0.05) is 20.3 Å². The molecule has 0 saturated carbocycles. The van der Waals surface area contributed by atoms with Crippen molar-refractivity contribution in [3.63, 3.8) is 0 Å². The molecule has 1 aromatic heterocycles. The Morgan fingerprint density at radius 2 is 2.27 bits per heavy atom. The fraction of sp³-hybridized carbons (Fsp3) is 0.600. The Hall–Kier alpha value is -1.36. The monoisotopic (exact) mass is 212 g/mol. The predicted octanol–water partition coefficient (Wildman–Crippen LogP) is 1.01. The third kappa shape index (κ3) is 2.79. The first-order valence-electron chi connectivity index (χ1n) is 4.80. The minimum atomic E-state index is -0.354. The summed E-state index contributed by atoms with van der Waals surface area (Å²) in [5, 5.41) is 0. The maximum Gasteiger partial charge on any atom is 0.356 e. The zero-order valence-corrected chi connectivity index (χ0v) is 9.32. The molecule has 15 heavy (non-hydrogen) atoms. The lowest BCUT2D eigenvalue weighted by molar-refractivity contribution is 0.0587. The van der Waals surface area contributed by atoms with Gasteiger partial charge in [-0.1, -0.05) is 0 Å². The number of hydrogen-bond acceptors (Lipinski definition) is 4. The number of esters is 1. The van der Waals surface area contributed by atoms with Crippen LogP contribution >= 0.6 is 0 Å². The smallest absolute Gasteiger partial charge is 0.356 e. The van der Waals surface area contributed by atoms with Gasteiger partial charge in [0.25, 0.3) is 0 Å². The number of imidazole rings is 1. The van der Waals surface area contributed by atoms with E-state index in [9.17, 15) is 4.79 Å². The molecule has 0 bridgehead atoms. The number of methoxy groups -OCH3 is 2. The van der Waals surface area contributed by atoms with Crippen LogP contribution < -0.4 is 0 Å². The summed E-state index contributed by atoms with van der Waals surface area (Å²) in [6.07, 6.45) is 2.38. The van der Waals surface area contributed by atoms with Gasteiger partial charge in [-0.05, 0) is 13.3 Å². The Kier molecular flexibility index (Phi) is 4.30. The van der Waals surface area contributed by atoms with E-state index in [1.54, 1.807) is 7.11 Å². The molecule has 1 heterocycles. The lowest BCUT2D eigenvalue weighted by Gasteiger charge is -2.08. The Balaban J connectivity index is 2.75. The molecule has 84 valence electrons. The van der Waals surface area contributed by atoms with Crippen molar-refractivity contribution in [2.45, 2.75) is 19.9 Å². The Labute approximate surface area is 89.0 Å². The van der Waals surface area contributed by atoms with Crippen LogP contribution in [0.25, 0.3) is 0 Å². The summed E-state index contributed by atoms with van der Waals surface area (Å²) in [6, 6.07) is 0. The van der Waals surface area contributed by atoms with Crippen molar-refractivity contribution in [1.29, 1.82) is 0 Å². The normalized spacial score (nSPS) is 10.3. The summed E-state index contributed by atoms with van der Waals surface area (Å²) < 4.78 is 11.5. The van der Waals surface area contributed by atoms with Crippen molar-refractivity contribution in [2.24, 2.45) is 0 Å². The first-order valence-corrected chi connectivity index (χ1v) is 4.80. The average molecular weight is 212 g/mol. The number of hydrogen-bond donors (Lipinski definition) is 0. The molecule has 0 aliphatic rings. The van der Waals surface area contributed by atoms with Gasteiger partial charge in [0.2, 0.25) is 0 Å². The van der Waals surface area contributed by atoms with Gasteiger partial charge in [-0.25, -0.2) is 9.78 Å². The van der Waals surface area contributed by atoms with Crippen LogP contribution in [0.1, 0.15) is 22.7 Å². The number of carbonyl (C=O) groups is 1. The highest BCUT2D eigenvalue weighted by Gasteiger charge is 2.13. The van der Waals surface area contributed by atoms with Crippen LogP contribution in [0.5, 0.6) is 0 Å². The van der Waals surface area contributed by atoms with Crippen molar-refractivity contribution < 1.29 is 14.3 Å². The molecule has 1 aromatic rings. The highest BCUT2D eigenvalue weighted by Crippen LogP contribution is 2.07. The second kappa shape index (κ2) is 5.50. The summed E-state index contributed by atoms with van der Waals surface area (Å²) in [4.78, 5) is 15.5. The quantitative estimate of drug-likeness (QED) is 0.540. The molecule has 0 aromatic carbocycles. The first-order chi connectivity index (χ1) is 7.20. The topological polar surface area (TPSA) is 53.4 Å². The van der Waals surface area contributed by atoms with E-state index in [-0.39, 0.29) is 5.97 Å². The summed E-state index contributed by atoms with van der Waals surface area (Å²) in [5.41, 5.74) is 0.492. The molecule has 0 radical (unpaired) electrons. The van der Waals surface area contributed by atoms with Crippen LogP contribution in [0.4, 0.5) is 0 Å². The van der Waals surface area contributed by atoms with Gasteiger partial charge in [0.15, 0.2) is 0 Å². The van der Waals surface area contributed by atoms with Gasteiger partial charge in [0.1, 0.15) is 11.5 Å². The summed E-state index contributed by atoms with van der Waals surface area (Å²) in [7, 11) is 3.02. The molecule has 0 N–H and O–H groups in total. The molecule has 0 atom stereocenters. The summed E-state index contributed by atoms with van der Waals surface area (Å²) >= 11 is 0. The van der Waals surface area contributed by atoms with Gasteiger partial charge in [-0.2, -0.15) is 0 Å². The zero-order valence-electron chi connectivity index (χ0n) is 9.32. The van der Waals surface area contributed by atoms with Gasteiger partial charge < -0.3 is 14.0 Å². The van der Waals surface area contributed by atoms with Crippen molar-refractivity contribution in [2.75, 3.05) is 20.8 Å². The molecule has 0 unspecified atom stereocenters. The van der Waals surface area contributed by atoms with Gasteiger partial charge in [0.05, 0.1) is 13.3 Å². The Morgan fingerprint density at radius 1 is 1.53 bits per heavy atom. The molecule has 0 spiro atoms. The molecule has 0 fully saturated rings. The fourth-order valence-electron chi connectivity index (χ4n) is 1.38. The predicted molar refractivity (Wildman–Crippen MR) is 54.8 cm³/mol. The minimum Gasteiger partial charge on any atom is -0.464 e. The molecular weight excluding hydrogens is 196 g/mol. The maximum absolute atomic E-state index is 11.4. The lowest BCUT2D eigenvalue weighted by Crippen LogP contribution is -2.12. The van der Waals surface area contributed by atoms with Crippen molar-refractivity contribution in [3.05, 3.63) is 17.7 Å². The average Bonchev–Trinajstić information content (AvgIpc) is 2.60. The molecule has 0 saturated heterocycles. The first kappa shape index (κ1) is 11.7. The van der Waals surface area contributed by atoms with Crippen LogP contribution in [-0.2, 0) is 16.0 Å². The highest BCUT2D eigenvalue weighted by molar-refractivity contribution is 5.87. The third-order valence-electron chi connectivity index (χ3n) is 2.18. The second-order valence-corrected chi connectivity index (χ2v) is 3.18. The van der Waals surface area contributed by atoms with Crippen LogP contribution in [0.2, 0.25) is 0 Å². The molecular formula is C10H16N2O3. The van der Waals surface area contributed by atoms with Gasteiger partial charge in [-0.15, -0.1) is 0 Å². The number of aromatic nitrogens is 2. The molecule has 0 aliphatic carbocycles. The van der Waals surface area contributed by atoms with E-state index in [2.05, 4.69) is 9.72 Å². The highest BCUT2D eigenvalue weighted by atomic mass is 16.5. The molecule has 5 nitrogen and oxygen atoms in total. The fourth-order valence-corrected chi connectivity index (χ4v) is 1.38. The molecule has 1 rings (SSSR count). The number of aryl methyl sites for hydroxylation is 1. The maximum atomic E-state index is 11.4. The van der Waals surface area contributed by atoms with Crippen molar-refractivity contribution in [3.8, 4) is 0 Å². The SMILES string of the molecule is COCCCn1c(C(=O)OC)cnc1C. The van der Waals surface area contributed by atoms with Crippen LogP contribution in [0.3, 0.4) is 0 Å². The van der Waals surface area contributed by atoms with Crippen molar-refractivity contribution >= 4 is 5.97 Å². The lowest BCUT2D eigenvalue weighted by atomic mass is 10.4. The van der Waals surface area contributed by atoms with Crippen LogP contribution in [0.15, 0.2) is 6.20 Å². The second-order valence-electron chi connectivity index (χ2n) is 3.18. The van der Waals surface area contributed by atoms with Gasteiger partial charge in [-0.3, -0.25) is 0 Å². The van der Waals surface area contributed by atoms with Crippen LogP contribution in [0, 0.1) is 6.92 Å².